The van der Waals surface area contributed by atoms with Crippen LogP contribution in [0.3, 0.4) is 0 Å². The summed E-state index contributed by atoms with van der Waals surface area (Å²) < 4.78 is 9.78. The summed E-state index contributed by atoms with van der Waals surface area (Å²) in [5.74, 6) is -0.155. The fourth-order valence-corrected chi connectivity index (χ4v) is 1.30. The van der Waals surface area contributed by atoms with E-state index in [2.05, 4.69) is 20.7 Å². The van der Waals surface area contributed by atoms with Gasteiger partial charge in [0.15, 0.2) is 0 Å². The Labute approximate surface area is 99.4 Å². The number of hydrogen-bond acceptors (Lipinski definition) is 5. The summed E-state index contributed by atoms with van der Waals surface area (Å²) >= 11 is 3.12. The van der Waals surface area contributed by atoms with E-state index in [0.717, 1.165) is 0 Å². The molecule has 7 heteroatoms. The van der Waals surface area contributed by atoms with Crippen LogP contribution in [0.15, 0.2) is 22.7 Å². The van der Waals surface area contributed by atoms with Crippen molar-refractivity contribution in [3.63, 3.8) is 0 Å². The van der Waals surface area contributed by atoms with Crippen molar-refractivity contribution < 1.29 is 19.2 Å². The average Bonchev–Trinajstić information content (AvgIpc) is 2.17. The summed E-state index contributed by atoms with van der Waals surface area (Å²) in [4.78, 5) is 21.0. The third kappa shape index (κ3) is 3.20. The zero-order valence-electron chi connectivity index (χ0n) is 8.31. The van der Waals surface area contributed by atoms with Gasteiger partial charge in [0.1, 0.15) is 0 Å². The van der Waals surface area contributed by atoms with E-state index in [1.165, 1.54) is 18.2 Å². The van der Waals surface area contributed by atoms with E-state index < -0.39 is 11.1 Å². The van der Waals surface area contributed by atoms with Gasteiger partial charge in [-0.3, -0.25) is 10.1 Å². The number of nitrogens with zero attached hydrogens (tertiary/aromatic N) is 1. The van der Waals surface area contributed by atoms with Crippen molar-refractivity contribution >= 4 is 27.8 Å². The molecule has 0 heterocycles. The second-order valence-corrected chi connectivity index (χ2v) is 3.57. The normalized spacial score (nSPS) is 9.62. The molecule has 0 fully saturated rings. The smallest absolute Gasteiger partial charge is 0.434 e. The van der Waals surface area contributed by atoms with Crippen LogP contribution >= 0.6 is 15.9 Å². The lowest BCUT2D eigenvalue weighted by Gasteiger charge is -2.04. The zero-order valence-corrected chi connectivity index (χ0v) is 9.89. The van der Waals surface area contributed by atoms with Crippen molar-refractivity contribution in [2.75, 3.05) is 6.61 Å². The van der Waals surface area contributed by atoms with Crippen LogP contribution in [0.1, 0.15) is 6.92 Å². The van der Waals surface area contributed by atoms with Crippen LogP contribution in [-0.2, 0) is 4.74 Å². The number of hydrogen-bond donors (Lipinski definition) is 0. The van der Waals surface area contributed by atoms with Gasteiger partial charge in [0.05, 0.1) is 11.5 Å². The van der Waals surface area contributed by atoms with E-state index in [-0.39, 0.29) is 18.0 Å². The predicted octanol–water partition coefficient (Wildman–Crippen LogP) is 2.89. The first-order valence-electron chi connectivity index (χ1n) is 4.33. The highest BCUT2D eigenvalue weighted by Gasteiger charge is 2.18. The monoisotopic (exact) mass is 289 g/mol. The molecule has 1 aromatic carbocycles. The highest BCUT2D eigenvalue weighted by molar-refractivity contribution is 9.10. The van der Waals surface area contributed by atoms with Gasteiger partial charge in [-0.2, -0.15) is 0 Å². The summed E-state index contributed by atoms with van der Waals surface area (Å²) in [6, 6.07) is 4.05. The maximum Gasteiger partial charge on any atom is 0.514 e. The van der Waals surface area contributed by atoms with Crippen LogP contribution in [0.4, 0.5) is 10.5 Å². The molecule has 0 radical (unpaired) electrons. The first kappa shape index (κ1) is 12.4. The highest BCUT2D eigenvalue weighted by Crippen LogP contribution is 2.30. The minimum Gasteiger partial charge on any atom is -0.434 e. The molecule has 0 atom stereocenters. The number of carbonyl (C=O) groups is 1. The van der Waals surface area contributed by atoms with Crippen molar-refractivity contribution in [3.8, 4) is 5.75 Å². The van der Waals surface area contributed by atoms with Crippen LogP contribution < -0.4 is 4.74 Å². The van der Waals surface area contributed by atoms with Crippen molar-refractivity contribution in [1.82, 2.24) is 0 Å². The maximum atomic E-state index is 11.0. The molecule has 0 bridgehead atoms. The number of nitro benzene ring substituents is 1. The molecular weight excluding hydrogens is 282 g/mol. The number of ether oxygens (including phenoxy) is 2. The number of halogens is 1. The van der Waals surface area contributed by atoms with E-state index in [1.54, 1.807) is 6.92 Å². The Balaban J connectivity index is 2.96. The Morgan fingerprint density at radius 1 is 1.56 bits per heavy atom. The molecule has 1 aromatic rings. The van der Waals surface area contributed by atoms with Gasteiger partial charge in [0.25, 0.3) is 0 Å². The Morgan fingerprint density at radius 2 is 2.25 bits per heavy atom. The number of benzene rings is 1. The molecule has 0 N–H and O–H groups in total. The molecule has 0 spiro atoms. The Bertz CT molecular complexity index is 420. The van der Waals surface area contributed by atoms with Crippen molar-refractivity contribution in [3.05, 3.63) is 32.8 Å². The van der Waals surface area contributed by atoms with Gasteiger partial charge in [-0.1, -0.05) is 15.9 Å². The highest BCUT2D eigenvalue weighted by atomic mass is 79.9. The minimum absolute atomic E-state index is 0.140. The van der Waals surface area contributed by atoms with Crippen molar-refractivity contribution in [1.29, 1.82) is 0 Å². The zero-order chi connectivity index (χ0) is 12.1. The average molecular weight is 290 g/mol. The number of carbonyl (C=O) groups excluding carboxylic acids is 1. The topological polar surface area (TPSA) is 78.7 Å². The van der Waals surface area contributed by atoms with Crippen molar-refractivity contribution in [2.45, 2.75) is 6.92 Å². The van der Waals surface area contributed by atoms with Crippen LogP contribution in [-0.4, -0.2) is 17.7 Å². The van der Waals surface area contributed by atoms with Gasteiger partial charge < -0.3 is 9.47 Å². The van der Waals surface area contributed by atoms with E-state index in [4.69, 9.17) is 4.74 Å². The molecular formula is C9H8BrNO5. The van der Waals surface area contributed by atoms with Crippen LogP contribution in [0.5, 0.6) is 5.75 Å². The molecule has 0 aliphatic heterocycles. The Hall–Kier alpha value is -1.63. The standard InChI is InChI=1S/C9H8BrNO5/c1-2-15-9(12)16-8-5-6(10)3-4-7(8)11(13)14/h3-5H,2H2,1H3. The maximum absolute atomic E-state index is 11.0. The number of rotatable bonds is 3. The van der Waals surface area contributed by atoms with Gasteiger partial charge in [0.2, 0.25) is 5.75 Å². The fraction of sp³-hybridized carbons (Fsp3) is 0.222. The molecule has 6 nitrogen and oxygen atoms in total. The van der Waals surface area contributed by atoms with Crippen LogP contribution in [0, 0.1) is 10.1 Å². The SMILES string of the molecule is CCOC(=O)Oc1cc(Br)ccc1[N+](=O)[O-]. The summed E-state index contributed by atoms with van der Waals surface area (Å²) in [7, 11) is 0. The van der Waals surface area contributed by atoms with Gasteiger partial charge in [-0.25, -0.2) is 4.79 Å². The fourth-order valence-electron chi connectivity index (χ4n) is 0.958. The third-order valence-electron chi connectivity index (χ3n) is 1.57. The van der Waals surface area contributed by atoms with Crippen molar-refractivity contribution in [2.24, 2.45) is 0 Å². The first-order valence-corrected chi connectivity index (χ1v) is 5.12. The van der Waals surface area contributed by atoms with Gasteiger partial charge in [-0.05, 0) is 13.0 Å². The summed E-state index contributed by atoms with van der Waals surface area (Å²) in [5.41, 5.74) is -0.295. The summed E-state index contributed by atoms with van der Waals surface area (Å²) in [6.07, 6.45) is -0.969. The van der Waals surface area contributed by atoms with E-state index in [1.807, 2.05) is 0 Å². The molecule has 16 heavy (non-hydrogen) atoms. The lowest BCUT2D eigenvalue weighted by atomic mass is 10.3. The quantitative estimate of drug-likeness (QED) is 0.370. The molecule has 0 aliphatic rings. The number of nitro groups is 1. The van der Waals surface area contributed by atoms with E-state index in [0.29, 0.717) is 4.47 Å². The molecule has 86 valence electrons. The second-order valence-electron chi connectivity index (χ2n) is 2.65. The molecule has 0 aromatic heterocycles. The molecule has 0 unspecified atom stereocenters. The molecule has 0 saturated carbocycles. The lowest BCUT2D eigenvalue weighted by molar-refractivity contribution is -0.385. The van der Waals surface area contributed by atoms with E-state index >= 15 is 0 Å². The predicted molar refractivity (Wildman–Crippen MR) is 58.4 cm³/mol. The summed E-state index contributed by atoms with van der Waals surface area (Å²) in [6.45, 7) is 1.75. The Morgan fingerprint density at radius 3 is 2.81 bits per heavy atom. The largest absolute Gasteiger partial charge is 0.514 e. The minimum atomic E-state index is -0.969. The molecule has 0 amide bonds. The van der Waals surface area contributed by atoms with Gasteiger partial charge in [-0.15, -0.1) is 0 Å². The molecule has 0 aliphatic carbocycles. The second kappa shape index (κ2) is 5.45. The van der Waals surface area contributed by atoms with E-state index in [9.17, 15) is 14.9 Å². The first-order chi connectivity index (χ1) is 7.54. The Kier molecular flexibility index (Phi) is 4.24. The van der Waals surface area contributed by atoms with Crippen LogP contribution in [0.25, 0.3) is 0 Å². The third-order valence-corrected chi connectivity index (χ3v) is 2.07. The lowest BCUT2D eigenvalue weighted by Crippen LogP contribution is -2.11. The van der Waals surface area contributed by atoms with Crippen LogP contribution in [0.2, 0.25) is 0 Å². The van der Waals surface area contributed by atoms with Gasteiger partial charge >= 0.3 is 11.8 Å². The summed E-state index contributed by atoms with van der Waals surface area (Å²) in [5, 5.41) is 10.6. The molecule has 1 rings (SSSR count). The van der Waals surface area contributed by atoms with Gasteiger partial charge in [0, 0.05) is 16.6 Å². The molecule has 0 saturated heterocycles.